The Kier molecular flexibility index (Phi) is 2.99. The van der Waals surface area contributed by atoms with Crippen molar-refractivity contribution in [3.63, 3.8) is 0 Å². The zero-order valence-electron chi connectivity index (χ0n) is 12.5. The molecule has 104 valence electrons. The molecule has 2 heterocycles. The van der Waals surface area contributed by atoms with E-state index in [9.17, 15) is 0 Å². The van der Waals surface area contributed by atoms with Crippen molar-refractivity contribution < 1.29 is 4.74 Å². The predicted molar refractivity (Wildman–Crippen MR) is 78.5 cm³/mol. The number of nitrogens with one attached hydrogen (secondary N) is 1. The van der Waals surface area contributed by atoms with Gasteiger partial charge in [0.25, 0.3) is 0 Å². The Labute approximate surface area is 116 Å². The van der Waals surface area contributed by atoms with Crippen LogP contribution in [0.3, 0.4) is 0 Å². The molecule has 2 aliphatic rings. The molecule has 1 fully saturated rings. The molecule has 0 bridgehead atoms. The van der Waals surface area contributed by atoms with Gasteiger partial charge >= 0.3 is 0 Å². The van der Waals surface area contributed by atoms with Gasteiger partial charge in [-0.3, -0.25) is 0 Å². The van der Waals surface area contributed by atoms with Gasteiger partial charge in [0.1, 0.15) is 0 Å². The third kappa shape index (κ3) is 2.32. The maximum absolute atomic E-state index is 6.28. The summed E-state index contributed by atoms with van der Waals surface area (Å²) in [6.07, 6.45) is 2.27. The van der Waals surface area contributed by atoms with Gasteiger partial charge in [-0.05, 0) is 63.8 Å². The van der Waals surface area contributed by atoms with Crippen molar-refractivity contribution in [1.29, 1.82) is 0 Å². The van der Waals surface area contributed by atoms with Crippen molar-refractivity contribution >= 4 is 0 Å². The van der Waals surface area contributed by atoms with Crippen LogP contribution >= 0.6 is 0 Å². The average Bonchev–Trinajstić information content (AvgIpc) is 2.56. The van der Waals surface area contributed by atoms with Gasteiger partial charge in [-0.25, -0.2) is 0 Å². The minimum Gasteiger partial charge on any atom is -0.369 e. The zero-order chi connectivity index (χ0) is 13.7. The molecular formula is C17H25NO. The monoisotopic (exact) mass is 259 g/mol. The minimum atomic E-state index is -0.0660. The van der Waals surface area contributed by atoms with Crippen LogP contribution in [0, 0.1) is 0 Å². The Morgan fingerprint density at radius 3 is 2.68 bits per heavy atom. The van der Waals surface area contributed by atoms with E-state index in [0.717, 1.165) is 25.9 Å². The van der Waals surface area contributed by atoms with Crippen molar-refractivity contribution in [2.24, 2.45) is 0 Å². The highest BCUT2D eigenvalue weighted by Gasteiger charge is 2.47. The SMILES string of the molecule is CC1(C)CC(c2cccc3c2CCNC3)C(C)(C)O1. The summed E-state index contributed by atoms with van der Waals surface area (Å²) in [5.41, 5.74) is 4.49. The highest BCUT2D eigenvalue weighted by molar-refractivity contribution is 5.41. The van der Waals surface area contributed by atoms with Crippen LogP contribution in [0.15, 0.2) is 18.2 Å². The quantitative estimate of drug-likeness (QED) is 0.834. The predicted octanol–water partition coefficient (Wildman–Crippen LogP) is 3.39. The van der Waals surface area contributed by atoms with Gasteiger partial charge in [0.2, 0.25) is 0 Å². The molecule has 2 heteroatoms. The molecule has 1 N–H and O–H groups in total. The van der Waals surface area contributed by atoms with E-state index >= 15 is 0 Å². The van der Waals surface area contributed by atoms with Crippen LogP contribution < -0.4 is 5.32 Å². The maximum atomic E-state index is 6.28. The first-order chi connectivity index (χ1) is 8.89. The molecule has 2 aliphatic heterocycles. The summed E-state index contributed by atoms with van der Waals surface area (Å²) in [5.74, 6) is 0.510. The molecule has 0 spiro atoms. The number of fused-ring (bicyclic) bond motifs is 1. The van der Waals surface area contributed by atoms with Crippen molar-refractivity contribution in [2.75, 3.05) is 6.54 Å². The molecule has 1 aromatic rings. The van der Waals surface area contributed by atoms with E-state index in [2.05, 4.69) is 51.2 Å². The molecule has 3 rings (SSSR count). The molecule has 0 radical (unpaired) electrons. The van der Waals surface area contributed by atoms with Crippen LogP contribution in [0.1, 0.15) is 56.7 Å². The maximum Gasteiger partial charge on any atom is 0.0703 e. The molecule has 0 amide bonds. The standard InChI is InChI=1S/C17H25NO/c1-16(2)10-15(17(3,4)19-16)14-7-5-6-12-11-18-9-8-13(12)14/h5-7,15,18H,8-11H2,1-4H3. The first-order valence-corrected chi connectivity index (χ1v) is 7.41. The molecule has 0 saturated carbocycles. The summed E-state index contributed by atoms with van der Waals surface area (Å²) in [5, 5.41) is 3.46. The number of rotatable bonds is 1. The Morgan fingerprint density at radius 1 is 1.21 bits per heavy atom. The van der Waals surface area contributed by atoms with Crippen LogP contribution in [-0.4, -0.2) is 17.7 Å². The van der Waals surface area contributed by atoms with Gasteiger partial charge in [0.15, 0.2) is 0 Å². The molecular weight excluding hydrogens is 234 g/mol. The van der Waals surface area contributed by atoms with Crippen molar-refractivity contribution in [3.05, 3.63) is 34.9 Å². The summed E-state index contributed by atoms with van der Waals surface area (Å²) in [7, 11) is 0. The Hall–Kier alpha value is -0.860. The largest absolute Gasteiger partial charge is 0.369 e. The van der Waals surface area contributed by atoms with Crippen molar-refractivity contribution in [1.82, 2.24) is 5.32 Å². The van der Waals surface area contributed by atoms with Gasteiger partial charge in [0.05, 0.1) is 11.2 Å². The molecule has 1 unspecified atom stereocenters. The summed E-state index contributed by atoms with van der Waals surface area (Å²) in [4.78, 5) is 0. The van der Waals surface area contributed by atoms with E-state index in [-0.39, 0.29) is 11.2 Å². The summed E-state index contributed by atoms with van der Waals surface area (Å²) in [6.45, 7) is 11.0. The number of hydrogen-bond acceptors (Lipinski definition) is 2. The minimum absolute atomic E-state index is 0.0101. The fourth-order valence-electron chi connectivity index (χ4n) is 3.93. The first-order valence-electron chi connectivity index (χ1n) is 7.41. The molecule has 0 aliphatic carbocycles. The fourth-order valence-corrected chi connectivity index (χ4v) is 3.93. The van der Waals surface area contributed by atoms with Crippen molar-refractivity contribution in [3.8, 4) is 0 Å². The lowest BCUT2D eigenvalue weighted by Gasteiger charge is -2.30. The van der Waals surface area contributed by atoms with E-state index in [1.165, 1.54) is 11.1 Å². The number of benzene rings is 1. The topological polar surface area (TPSA) is 21.3 Å². The van der Waals surface area contributed by atoms with Crippen molar-refractivity contribution in [2.45, 2.75) is 64.2 Å². The van der Waals surface area contributed by atoms with Gasteiger partial charge in [-0.15, -0.1) is 0 Å². The highest BCUT2D eigenvalue weighted by atomic mass is 16.5. The van der Waals surface area contributed by atoms with Crippen LogP contribution in [0.4, 0.5) is 0 Å². The van der Waals surface area contributed by atoms with Crippen LogP contribution in [0.5, 0.6) is 0 Å². The molecule has 1 atom stereocenters. The third-order valence-electron chi connectivity index (χ3n) is 4.63. The first kappa shape index (κ1) is 13.1. The smallest absolute Gasteiger partial charge is 0.0703 e. The zero-order valence-corrected chi connectivity index (χ0v) is 12.5. The van der Waals surface area contributed by atoms with Gasteiger partial charge < -0.3 is 10.1 Å². The number of hydrogen-bond donors (Lipinski definition) is 1. The summed E-state index contributed by atoms with van der Waals surface area (Å²) in [6, 6.07) is 6.79. The Morgan fingerprint density at radius 2 is 2.00 bits per heavy atom. The fraction of sp³-hybridized carbons (Fsp3) is 0.647. The lowest BCUT2D eigenvalue weighted by atomic mass is 9.78. The van der Waals surface area contributed by atoms with Crippen LogP contribution in [0.2, 0.25) is 0 Å². The van der Waals surface area contributed by atoms with E-state index in [4.69, 9.17) is 4.74 Å². The van der Waals surface area contributed by atoms with E-state index in [1.54, 1.807) is 5.56 Å². The third-order valence-corrected chi connectivity index (χ3v) is 4.63. The average molecular weight is 259 g/mol. The second-order valence-electron chi connectivity index (χ2n) is 7.13. The molecule has 2 nitrogen and oxygen atoms in total. The molecule has 19 heavy (non-hydrogen) atoms. The van der Waals surface area contributed by atoms with Crippen LogP contribution in [-0.2, 0) is 17.7 Å². The van der Waals surface area contributed by atoms with Gasteiger partial charge in [-0.2, -0.15) is 0 Å². The van der Waals surface area contributed by atoms with E-state index in [0.29, 0.717) is 5.92 Å². The van der Waals surface area contributed by atoms with E-state index in [1.807, 2.05) is 0 Å². The Balaban J connectivity index is 2.03. The lowest BCUT2D eigenvalue weighted by Crippen LogP contribution is -2.30. The normalized spacial score (nSPS) is 28.1. The van der Waals surface area contributed by atoms with E-state index < -0.39 is 0 Å². The second kappa shape index (κ2) is 4.32. The second-order valence-corrected chi connectivity index (χ2v) is 7.13. The molecule has 1 saturated heterocycles. The highest BCUT2D eigenvalue weighted by Crippen LogP contribution is 2.48. The summed E-state index contributed by atoms with van der Waals surface area (Å²) >= 11 is 0. The van der Waals surface area contributed by atoms with Gasteiger partial charge in [0, 0.05) is 12.5 Å². The Bertz CT molecular complexity index is 490. The number of ether oxygens (including phenoxy) is 1. The lowest BCUT2D eigenvalue weighted by molar-refractivity contribution is -0.0681. The molecule has 1 aromatic carbocycles. The molecule has 0 aromatic heterocycles. The van der Waals surface area contributed by atoms with Crippen LogP contribution in [0.25, 0.3) is 0 Å². The summed E-state index contributed by atoms with van der Waals surface area (Å²) < 4.78 is 6.28. The van der Waals surface area contributed by atoms with Gasteiger partial charge in [-0.1, -0.05) is 18.2 Å².